The van der Waals surface area contributed by atoms with Crippen LogP contribution in [-0.2, 0) is 4.57 Å². The van der Waals surface area contributed by atoms with E-state index in [0.717, 1.165) is 32.7 Å². The van der Waals surface area contributed by atoms with Gasteiger partial charge in [0, 0.05) is 16.3 Å². The monoisotopic (exact) mass is 538 g/mol. The van der Waals surface area contributed by atoms with E-state index in [1.54, 1.807) is 20.3 Å². The second kappa shape index (κ2) is 11.8. The number of hydrogen-bond donors (Lipinski definition) is 0. The smallest absolute Gasteiger partial charge is 0.311 e. The molecule has 6 rings (SSSR count). The molecule has 0 saturated carbocycles. The molecule has 5 aromatic carbocycles. The molecule has 5 heteroatoms. The average Bonchev–Trinajstić information content (AvgIpc) is 2.97. The minimum atomic E-state index is -3.56. The van der Waals surface area contributed by atoms with Gasteiger partial charge < -0.3 is 14.0 Å². The van der Waals surface area contributed by atoms with Crippen molar-refractivity contribution in [1.29, 1.82) is 0 Å². The first kappa shape index (κ1) is 28.0. The molecule has 200 valence electrons. The van der Waals surface area contributed by atoms with E-state index in [1.807, 2.05) is 75.4 Å². The summed E-state index contributed by atoms with van der Waals surface area (Å²) >= 11 is 0. The lowest BCUT2D eigenvalue weighted by Crippen LogP contribution is -2.26. The van der Waals surface area contributed by atoms with Crippen LogP contribution in [0.3, 0.4) is 0 Å². The van der Waals surface area contributed by atoms with E-state index in [1.165, 1.54) is 5.56 Å². The molecule has 5 aromatic rings. The Balaban J connectivity index is 0.000000662. The molecule has 0 aromatic heterocycles. The summed E-state index contributed by atoms with van der Waals surface area (Å²) in [5, 5.41) is 5.07. The van der Waals surface area contributed by atoms with Crippen LogP contribution < -0.4 is 24.6 Å². The van der Waals surface area contributed by atoms with Crippen molar-refractivity contribution < 1.29 is 18.6 Å². The normalized spacial score (nSPS) is 14.9. The zero-order chi connectivity index (χ0) is 28.2. The maximum Gasteiger partial charge on any atom is 0.311 e. The number of rotatable bonds is 3. The third-order valence-electron chi connectivity index (χ3n) is 6.51. The lowest BCUT2D eigenvalue weighted by molar-refractivity contribution is 0.412. The number of methoxy groups -OCH3 is 2. The third-order valence-corrected chi connectivity index (χ3v) is 8.95. The fourth-order valence-corrected chi connectivity index (χ4v) is 7.36. The summed E-state index contributed by atoms with van der Waals surface area (Å²) in [6.07, 6.45) is 1.75. The SMILES string of the molecule is C=CC.CC.COc1cc(P2(=O)Oc3ccccc3-c3ccccc32)c(OC)c2cc3cc(C)ccc3cc12. The van der Waals surface area contributed by atoms with Crippen molar-refractivity contribution in [3.8, 4) is 28.4 Å². The number of benzene rings is 5. The van der Waals surface area contributed by atoms with Crippen LogP contribution >= 0.6 is 7.37 Å². The number of allylic oxidation sites excluding steroid dienone is 1. The van der Waals surface area contributed by atoms with Gasteiger partial charge in [0.1, 0.15) is 17.2 Å². The van der Waals surface area contributed by atoms with E-state index in [2.05, 4.69) is 43.8 Å². The summed E-state index contributed by atoms with van der Waals surface area (Å²) in [5.74, 6) is 1.76. The zero-order valence-corrected chi connectivity index (χ0v) is 24.3. The van der Waals surface area contributed by atoms with Crippen LogP contribution in [0.15, 0.2) is 97.6 Å². The number of hydrogen-bond acceptors (Lipinski definition) is 4. The standard InChI is InChI=1S/C29H23O4P.C3H6.C2H6/c1-18-12-13-19-15-23-24(16-20(19)14-18)29(32-3)28(17-26(23)31-2)34(30)27-11-7-5-9-22(27)21-8-4-6-10-25(21)33-34;1-3-2;1-2/h4-17H,1-3H3;3H,1H2,2H3;1-2H3. The molecule has 1 aliphatic rings. The van der Waals surface area contributed by atoms with Crippen LogP contribution in [-0.4, -0.2) is 14.2 Å². The van der Waals surface area contributed by atoms with Gasteiger partial charge in [0.2, 0.25) is 0 Å². The first-order valence-corrected chi connectivity index (χ1v) is 14.7. The quantitative estimate of drug-likeness (QED) is 0.131. The van der Waals surface area contributed by atoms with Crippen molar-refractivity contribution in [2.24, 2.45) is 0 Å². The Hall–Kier alpha value is -4.01. The highest BCUT2D eigenvalue weighted by Gasteiger charge is 2.41. The van der Waals surface area contributed by atoms with Crippen molar-refractivity contribution in [2.75, 3.05) is 14.2 Å². The second-order valence-electron chi connectivity index (χ2n) is 8.94. The molecular weight excluding hydrogens is 503 g/mol. The predicted molar refractivity (Wildman–Crippen MR) is 166 cm³/mol. The maximum absolute atomic E-state index is 14.9. The molecule has 1 heterocycles. The number of para-hydroxylation sites is 1. The lowest BCUT2D eigenvalue weighted by Gasteiger charge is -2.30. The van der Waals surface area contributed by atoms with Gasteiger partial charge >= 0.3 is 7.37 Å². The van der Waals surface area contributed by atoms with Gasteiger partial charge in [-0.3, -0.25) is 4.57 Å². The highest BCUT2D eigenvalue weighted by molar-refractivity contribution is 7.75. The van der Waals surface area contributed by atoms with Crippen LogP contribution in [0.4, 0.5) is 0 Å². The van der Waals surface area contributed by atoms with Crippen LogP contribution in [0, 0.1) is 6.92 Å². The molecule has 0 fully saturated rings. The fourth-order valence-electron chi connectivity index (χ4n) is 4.91. The second-order valence-corrected chi connectivity index (χ2v) is 11.2. The molecule has 0 radical (unpaired) electrons. The zero-order valence-electron chi connectivity index (χ0n) is 23.4. The Morgan fingerprint density at radius 3 is 2.10 bits per heavy atom. The van der Waals surface area contributed by atoms with Crippen LogP contribution in [0.5, 0.6) is 17.2 Å². The molecular formula is C34H35O4P. The summed E-state index contributed by atoms with van der Waals surface area (Å²) < 4.78 is 33.0. The molecule has 0 amide bonds. The van der Waals surface area contributed by atoms with Crippen molar-refractivity contribution in [3.63, 3.8) is 0 Å². The lowest BCUT2D eigenvalue weighted by atomic mass is 10.0. The van der Waals surface area contributed by atoms with E-state index in [0.29, 0.717) is 27.9 Å². The first-order valence-electron chi connectivity index (χ1n) is 13.1. The van der Waals surface area contributed by atoms with Crippen LogP contribution in [0.2, 0.25) is 0 Å². The number of fused-ring (bicyclic) bond motifs is 5. The van der Waals surface area contributed by atoms with Gasteiger partial charge in [0.05, 0.1) is 24.8 Å². The van der Waals surface area contributed by atoms with Gasteiger partial charge in [0.25, 0.3) is 0 Å². The molecule has 1 atom stereocenters. The maximum atomic E-state index is 14.9. The van der Waals surface area contributed by atoms with E-state index in [4.69, 9.17) is 14.0 Å². The minimum absolute atomic E-state index is 0.494. The molecule has 0 bridgehead atoms. The van der Waals surface area contributed by atoms with Gasteiger partial charge in [-0.2, -0.15) is 0 Å². The largest absolute Gasteiger partial charge is 0.496 e. The summed E-state index contributed by atoms with van der Waals surface area (Å²) in [5.41, 5.74) is 3.00. The van der Waals surface area contributed by atoms with E-state index in [9.17, 15) is 4.57 Å². The Morgan fingerprint density at radius 2 is 1.41 bits per heavy atom. The predicted octanol–water partition coefficient (Wildman–Crippen LogP) is 8.83. The topological polar surface area (TPSA) is 44.8 Å². The van der Waals surface area contributed by atoms with Crippen molar-refractivity contribution in [3.05, 3.63) is 103 Å². The van der Waals surface area contributed by atoms with E-state index < -0.39 is 7.37 Å². The van der Waals surface area contributed by atoms with Gasteiger partial charge in [-0.15, -0.1) is 6.58 Å². The highest BCUT2D eigenvalue weighted by atomic mass is 31.2. The van der Waals surface area contributed by atoms with E-state index in [-0.39, 0.29) is 0 Å². The summed E-state index contributed by atoms with van der Waals surface area (Å²) in [4.78, 5) is 0. The third kappa shape index (κ3) is 4.93. The molecule has 0 spiro atoms. The molecule has 0 aliphatic carbocycles. The highest BCUT2D eigenvalue weighted by Crippen LogP contribution is 2.56. The van der Waals surface area contributed by atoms with E-state index >= 15 is 0 Å². The Labute approximate surface area is 231 Å². The number of aryl methyl sites for hydroxylation is 1. The van der Waals surface area contributed by atoms with Crippen LogP contribution in [0.25, 0.3) is 32.7 Å². The molecule has 1 unspecified atom stereocenters. The molecule has 4 nitrogen and oxygen atoms in total. The van der Waals surface area contributed by atoms with Crippen molar-refractivity contribution >= 4 is 39.5 Å². The van der Waals surface area contributed by atoms with Gasteiger partial charge in [-0.25, -0.2) is 0 Å². The van der Waals surface area contributed by atoms with Crippen molar-refractivity contribution in [2.45, 2.75) is 27.7 Å². The molecule has 0 saturated heterocycles. The van der Waals surface area contributed by atoms with Gasteiger partial charge in [-0.1, -0.05) is 80.1 Å². The first-order chi connectivity index (χ1) is 18.9. The Bertz CT molecular complexity index is 1700. The van der Waals surface area contributed by atoms with Crippen molar-refractivity contribution in [1.82, 2.24) is 0 Å². The summed E-state index contributed by atoms with van der Waals surface area (Å²) in [6, 6.07) is 27.7. The van der Waals surface area contributed by atoms with Gasteiger partial charge in [-0.05, 0) is 60.5 Å². The van der Waals surface area contributed by atoms with Crippen LogP contribution in [0.1, 0.15) is 26.3 Å². The van der Waals surface area contributed by atoms with Gasteiger partial charge in [0.15, 0.2) is 0 Å². The summed E-state index contributed by atoms with van der Waals surface area (Å²) in [7, 11) is -0.319. The molecule has 0 N–H and O–H groups in total. The fraction of sp³-hybridized carbons (Fsp3) is 0.176. The Kier molecular flexibility index (Phi) is 8.47. The molecule has 39 heavy (non-hydrogen) atoms. The molecule has 1 aliphatic heterocycles. The summed E-state index contributed by atoms with van der Waals surface area (Å²) in [6.45, 7) is 11.3. The Morgan fingerprint density at radius 1 is 0.769 bits per heavy atom. The minimum Gasteiger partial charge on any atom is -0.496 e. The average molecular weight is 539 g/mol. The number of ether oxygens (including phenoxy) is 2.